The third-order valence-corrected chi connectivity index (χ3v) is 6.49. The maximum atomic E-state index is 12.4. The summed E-state index contributed by atoms with van der Waals surface area (Å²) in [6.45, 7) is 4.24. The highest BCUT2D eigenvalue weighted by Gasteiger charge is 2.45. The van der Waals surface area contributed by atoms with Gasteiger partial charge in [0, 0.05) is 18.7 Å². The molecule has 0 heterocycles. The molecule has 2 N–H and O–H groups in total. The molecular weight excluding hydrogens is 332 g/mol. The Kier molecular flexibility index (Phi) is 5.29. The Balaban J connectivity index is 2.17. The molecule has 2 rings (SSSR count). The number of nitrogens with zero attached hydrogens (tertiary/aromatic N) is 1. The van der Waals surface area contributed by atoms with Crippen LogP contribution in [-0.2, 0) is 14.8 Å². The van der Waals surface area contributed by atoms with Gasteiger partial charge in [-0.1, -0.05) is 13.8 Å². The standard InChI is InChI=1S/C16H22N2O5S/c1-3-18(4-2)24(22,23)13-8-6-12(7-9-13)14(19)17-16(15(20)21)10-5-11-16/h6-9H,3-5,10-11H2,1-2H3,(H,17,19)(H,20,21). The van der Waals surface area contributed by atoms with Gasteiger partial charge in [0.1, 0.15) is 5.54 Å². The molecule has 1 fully saturated rings. The van der Waals surface area contributed by atoms with Crippen LogP contribution in [0.25, 0.3) is 0 Å². The molecule has 0 bridgehead atoms. The number of hydrogen-bond donors (Lipinski definition) is 2. The number of carbonyl (C=O) groups excluding carboxylic acids is 1. The van der Waals surface area contributed by atoms with Crippen LogP contribution in [0.5, 0.6) is 0 Å². The van der Waals surface area contributed by atoms with Crippen molar-refractivity contribution >= 4 is 21.9 Å². The second kappa shape index (κ2) is 6.90. The summed E-state index contributed by atoms with van der Waals surface area (Å²) in [7, 11) is -3.58. The van der Waals surface area contributed by atoms with Gasteiger partial charge in [0.15, 0.2) is 0 Å². The molecule has 1 aliphatic rings. The number of nitrogens with one attached hydrogen (secondary N) is 1. The van der Waals surface area contributed by atoms with Gasteiger partial charge in [-0.25, -0.2) is 13.2 Å². The van der Waals surface area contributed by atoms with E-state index in [2.05, 4.69) is 5.32 Å². The van der Waals surface area contributed by atoms with Gasteiger partial charge >= 0.3 is 5.97 Å². The molecular formula is C16H22N2O5S. The van der Waals surface area contributed by atoms with Crippen molar-refractivity contribution in [3.63, 3.8) is 0 Å². The third-order valence-electron chi connectivity index (χ3n) is 4.43. The zero-order valence-electron chi connectivity index (χ0n) is 13.8. The predicted molar refractivity (Wildman–Crippen MR) is 88.2 cm³/mol. The van der Waals surface area contributed by atoms with E-state index in [4.69, 9.17) is 0 Å². The summed E-state index contributed by atoms with van der Waals surface area (Å²) in [4.78, 5) is 23.6. The molecule has 0 unspecified atom stereocenters. The quantitative estimate of drug-likeness (QED) is 0.771. The molecule has 0 radical (unpaired) electrons. The number of rotatable bonds is 7. The van der Waals surface area contributed by atoms with Gasteiger partial charge in [-0.05, 0) is 43.5 Å². The number of benzene rings is 1. The van der Waals surface area contributed by atoms with Crippen molar-refractivity contribution in [3.05, 3.63) is 29.8 Å². The molecule has 1 saturated carbocycles. The van der Waals surface area contributed by atoms with Crippen molar-refractivity contribution in [1.82, 2.24) is 9.62 Å². The van der Waals surface area contributed by atoms with E-state index in [-0.39, 0.29) is 10.5 Å². The maximum Gasteiger partial charge on any atom is 0.329 e. The molecule has 0 aromatic heterocycles. The lowest BCUT2D eigenvalue weighted by molar-refractivity contribution is -0.148. The number of carbonyl (C=O) groups is 2. The number of carboxylic acids is 1. The highest BCUT2D eigenvalue weighted by atomic mass is 32.2. The predicted octanol–water partition coefficient (Wildman–Crippen LogP) is 1.45. The van der Waals surface area contributed by atoms with Crippen molar-refractivity contribution in [2.45, 2.75) is 43.5 Å². The van der Waals surface area contributed by atoms with Gasteiger partial charge in [-0.15, -0.1) is 0 Å². The summed E-state index contributed by atoms with van der Waals surface area (Å²) >= 11 is 0. The first-order chi connectivity index (χ1) is 11.3. The van der Waals surface area contributed by atoms with E-state index in [1.165, 1.54) is 28.6 Å². The first-order valence-corrected chi connectivity index (χ1v) is 9.37. The van der Waals surface area contributed by atoms with Crippen molar-refractivity contribution in [1.29, 1.82) is 0 Å². The van der Waals surface area contributed by atoms with Gasteiger partial charge in [0.2, 0.25) is 10.0 Å². The Hall–Kier alpha value is -1.93. The van der Waals surface area contributed by atoms with E-state index in [1.807, 2.05) is 0 Å². The molecule has 7 nitrogen and oxygen atoms in total. The molecule has 1 aromatic carbocycles. The third kappa shape index (κ3) is 3.29. The summed E-state index contributed by atoms with van der Waals surface area (Å²) in [6, 6.07) is 5.55. The maximum absolute atomic E-state index is 12.4. The molecule has 8 heteroatoms. The van der Waals surface area contributed by atoms with Crippen LogP contribution >= 0.6 is 0 Å². The zero-order chi connectivity index (χ0) is 18.0. The number of amides is 1. The summed E-state index contributed by atoms with van der Waals surface area (Å²) in [6.07, 6.45) is 1.57. The van der Waals surface area contributed by atoms with Crippen LogP contribution in [0.15, 0.2) is 29.2 Å². The normalized spacial score (nSPS) is 16.5. The van der Waals surface area contributed by atoms with Gasteiger partial charge < -0.3 is 10.4 Å². The van der Waals surface area contributed by atoms with E-state index in [0.29, 0.717) is 25.9 Å². The van der Waals surface area contributed by atoms with E-state index >= 15 is 0 Å². The summed E-state index contributed by atoms with van der Waals surface area (Å²) < 4.78 is 26.1. The van der Waals surface area contributed by atoms with Gasteiger partial charge in [-0.2, -0.15) is 4.31 Å². The molecule has 0 aliphatic heterocycles. The summed E-state index contributed by atoms with van der Waals surface area (Å²) in [5.41, 5.74) is -0.954. The van der Waals surface area contributed by atoms with E-state index in [9.17, 15) is 23.1 Å². The van der Waals surface area contributed by atoms with Crippen molar-refractivity contribution < 1.29 is 23.1 Å². The topological polar surface area (TPSA) is 104 Å². The minimum Gasteiger partial charge on any atom is -0.480 e. The van der Waals surface area contributed by atoms with Crippen LogP contribution in [0.1, 0.15) is 43.5 Å². The van der Waals surface area contributed by atoms with Crippen LogP contribution in [0, 0.1) is 0 Å². The number of hydrogen-bond acceptors (Lipinski definition) is 4. The zero-order valence-corrected chi connectivity index (χ0v) is 14.6. The first-order valence-electron chi connectivity index (χ1n) is 7.93. The smallest absolute Gasteiger partial charge is 0.329 e. The Morgan fingerprint density at radius 3 is 2.08 bits per heavy atom. The lowest BCUT2D eigenvalue weighted by atomic mass is 9.76. The lowest BCUT2D eigenvalue weighted by Crippen LogP contribution is -2.59. The first kappa shape index (κ1) is 18.4. The molecule has 0 atom stereocenters. The molecule has 1 amide bonds. The SMILES string of the molecule is CCN(CC)S(=O)(=O)c1ccc(C(=O)NC2(C(=O)O)CCC2)cc1. The highest BCUT2D eigenvalue weighted by Crippen LogP contribution is 2.32. The van der Waals surface area contributed by atoms with Crippen LogP contribution in [0.4, 0.5) is 0 Å². The molecule has 0 spiro atoms. The molecule has 132 valence electrons. The minimum absolute atomic E-state index is 0.111. The largest absolute Gasteiger partial charge is 0.480 e. The van der Waals surface area contributed by atoms with E-state index < -0.39 is 27.4 Å². The summed E-state index contributed by atoms with van der Waals surface area (Å²) in [5, 5.41) is 11.8. The van der Waals surface area contributed by atoms with E-state index in [0.717, 1.165) is 6.42 Å². The Morgan fingerprint density at radius 2 is 1.71 bits per heavy atom. The minimum atomic E-state index is -3.58. The molecule has 0 saturated heterocycles. The Morgan fingerprint density at radius 1 is 1.17 bits per heavy atom. The van der Waals surface area contributed by atoms with Crippen LogP contribution < -0.4 is 5.32 Å². The van der Waals surface area contributed by atoms with Crippen molar-refractivity contribution in [2.75, 3.05) is 13.1 Å². The molecule has 24 heavy (non-hydrogen) atoms. The second-order valence-corrected chi connectivity index (χ2v) is 7.75. The van der Waals surface area contributed by atoms with Crippen LogP contribution in [0.2, 0.25) is 0 Å². The van der Waals surface area contributed by atoms with Crippen molar-refractivity contribution in [2.24, 2.45) is 0 Å². The average Bonchev–Trinajstić information content (AvgIpc) is 2.51. The van der Waals surface area contributed by atoms with Gasteiger partial charge in [-0.3, -0.25) is 4.79 Å². The van der Waals surface area contributed by atoms with Crippen LogP contribution in [0.3, 0.4) is 0 Å². The van der Waals surface area contributed by atoms with E-state index in [1.54, 1.807) is 13.8 Å². The molecule has 1 aromatic rings. The Labute approximate surface area is 141 Å². The van der Waals surface area contributed by atoms with Crippen molar-refractivity contribution in [3.8, 4) is 0 Å². The monoisotopic (exact) mass is 354 g/mol. The number of carboxylic acid groups (broad SMARTS) is 1. The Bertz CT molecular complexity index is 719. The highest BCUT2D eigenvalue weighted by molar-refractivity contribution is 7.89. The lowest BCUT2D eigenvalue weighted by Gasteiger charge is -2.38. The fourth-order valence-corrected chi connectivity index (χ4v) is 4.16. The second-order valence-electron chi connectivity index (χ2n) is 5.81. The van der Waals surface area contributed by atoms with Gasteiger partial charge in [0.25, 0.3) is 5.91 Å². The number of sulfonamides is 1. The fraction of sp³-hybridized carbons (Fsp3) is 0.500. The number of aliphatic carboxylic acids is 1. The van der Waals surface area contributed by atoms with Crippen LogP contribution in [-0.4, -0.2) is 48.3 Å². The molecule has 1 aliphatic carbocycles. The average molecular weight is 354 g/mol. The summed E-state index contributed by atoms with van der Waals surface area (Å²) in [5.74, 6) is -1.55. The van der Waals surface area contributed by atoms with Gasteiger partial charge in [0.05, 0.1) is 4.90 Å². The fourth-order valence-electron chi connectivity index (χ4n) is 2.70.